The quantitative estimate of drug-likeness (QED) is 0.520. The van der Waals surface area contributed by atoms with Gasteiger partial charge in [-0.25, -0.2) is 0 Å². The molecule has 0 unspecified atom stereocenters. The Kier molecular flexibility index (Phi) is 4.47. The second-order valence-electron chi connectivity index (χ2n) is 4.79. The fraction of sp³-hybridized carbons (Fsp3) is 0.111. The van der Waals surface area contributed by atoms with Crippen molar-refractivity contribution in [3.63, 3.8) is 0 Å². The highest BCUT2D eigenvalue weighted by Gasteiger charge is 2.08. The summed E-state index contributed by atoms with van der Waals surface area (Å²) in [6.07, 6.45) is 0. The Bertz CT molecular complexity index is 765. The highest BCUT2D eigenvalue weighted by Crippen LogP contribution is 2.31. The summed E-state index contributed by atoms with van der Waals surface area (Å²) in [7, 11) is 0. The van der Waals surface area contributed by atoms with Crippen LogP contribution in [0.25, 0.3) is 10.8 Å². The van der Waals surface area contributed by atoms with Crippen LogP contribution in [0.15, 0.2) is 60.7 Å². The smallest absolute Gasteiger partial charge is 0.142 e. The lowest BCUT2D eigenvalue weighted by Crippen LogP contribution is -1.99. The second-order valence-corrected chi connectivity index (χ2v) is 5.76. The van der Waals surface area contributed by atoms with Gasteiger partial charge in [-0.3, -0.25) is 0 Å². The van der Waals surface area contributed by atoms with Crippen LogP contribution in [-0.2, 0) is 11.9 Å². The molecule has 3 aromatic carbocycles. The molecule has 0 spiro atoms. The van der Waals surface area contributed by atoms with Crippen molar-refractivity contribution < 1.29 is 4.74 Å². The Morgan fingerprint density at radius 1 is 0.857 bits per heavy atom. The maximum atomic E-state index is 6.25. The van der Waals surface area contributed by atoms with E-state index in [9.17, 15) is 0 Å². The van der Waals surface area contributed by atoms with Gasteiger partial charge in [0, 0.05) is 10.9 Å². The first-order chi connectivity index (χ1) is 10.3. The largest absolute Gasteiger partial charge is 0.487 e. The molecule has 0 saturated heterocycles. The molecule has 0 aliphatic carbocycles. The predicted octanol–water partition coefficient (Wildman–Crippen LogP) is 5.97. The van der Waals surface area contributed by atoms with Crippen LogP contribution in [0.3, 0.4) is 0 Å². The number of benzene rings is 3. The molecule has 21 heavy (non-hydrogen) atoms. The number of ether oxygens (including phenoxy) is 1. The third kappa shape index (κ3) is 3.07. The first kappa shape index (κ1) is 14.4. The van der Waals surface area contributed by atoms with Crippen LogP contribution in [-0.4, -0.2) is 0 Å². The number of alkyl halides is 1. The minimum absolute atomic E-state index is 0.505. The number of hydrogen-bond acceptors (Lipinski definition) is 1. The molecular weight excluding hydrogens is 348 g/mol. The first-order valence-electron chi connectivity index (χ1n) is 6.72. The number of fused-ring (bicyclic) bond motifs is 1. The van der Waals surface area contributed by atoms with Crippen molar-refractivity contribution in [2.24, 2.45) is 0 Å². The van der Waals surface area contributed by atoms with Gasteiger partial charge in [-0.15, -0.1) is 0 Å². The molecule has 0 radical (unpaired) electrons. The molecule has 106 valence electrons. The summed E-state index contributed by atoms with van der Waals surface area (Å²) in [5.41, 5.74) is 2.22. The second kappa shape index (κ2) is 6.50. The molecule has 0 aromatic heterocycles. The highest BCUT2D eigenvalue weighted by molar-refractivity contribution is 9.08. The van der Waals surface area contributed by atoms with Gasteiger partial charge in [0.2, 0.25) is 0 Å². The molecule has 3 aromatic rings. The lowest BCUT2D eigenvalue weighted by Gasteiger charge is -2.13. The number of hydrogen-bond donors (Lipinski definition) is 0. The predicted molar refractivity (Wildman–Crippen MR) is 92.4 cm³/mol. The Balaban J connectivity index is 1.91. The lowest BCUT2D eigenvalue weighted by molar-refractivity contribution is 0.305. The van der Waals surface area contributed by atoms with Crippen molar-refractivity contribution in [3.8, 4) is 5.75 Å². The topological polar surface area (TPSA) is 9.23 Å². The Morgan fingerprint density at radius 3 is 2.43 bits per heavy atom. The van der Waals surface area contributed by atoms with E-state index in [-0.39, 0.29) is 0 Å². The molecule has 0 aliphatic rings. The average molecular weight is 362 g/mol. The van der Waals surface area contributed by atoms with Crippen molar-refractivity contribution in [3.05, 3.63) is 76.8 Å². The van der Waals surface area contributed by atoms with E-state index in [2.05, 4.69) is 46.3 Å². The number of halogens is 2. The molecule has 3 heteroatoms. The molecule has 0 bridgehead atoms. The zero-order valence-electron chi connectivity index (χ0n) is 11.4. The minimum Gasteiger partial charge on any atom is -0.487 e. The summed E-state index contributed by atoms with van der Waals surface area (Å²) in [5, 5.41) is 3.80. The first-order valence-corrected chi connectivity index (χ1v) is 8.22. The van der Waals surface area contributed by atoms with E-state index in [1.54, 1.807) is 0 Å². The van der Waals surface area contributed by atoms with Crippen molar-refractivity contribution in [2.75, 3.05) is 0 Å². The van der Waals surface area contributed by atoms with E-state index in [0.29, 0.717) is 11.6 Å². The van der Waals surface area contributed by atoms with E-state index < -0.39 is 0 Å². The van der Waals surface area contributed by atoms with Crippen molar-refractivity contribution >= 4 is 38.3 Å². The van der Waals surface area contributed by atoms with E-state index in [0.717, 1.165) is 22.2 Å². The van der Waals surface area contributed by atoms with E-state index in [1.807, 2.05) is 30.3 Å². The molecule has 3 rings (SSSR count). The fourth-order valence-electron chi connectivity index (χ4n) is 2.39. The number of para-hydroxylation sites is 1. The molecule has 1 nitrogen and oxygen atoms in total. The van der Waals surface area contributed by atoms with Gasteiger partial charge < -0.3 is 4.74 Å². The van der Waals surface area contributed by atoms with Crippen LogP contribution >= 0.6 is 27.5 Å². The fourth-order valence-corrected chi connectivity index (χ4v) is 3.08. The van der Waals surface area contributed by atoms with E-state index in [1.165, 1.54) is 10.8 Å². The van der Waals surface area contributed by atoms with Gasteiger partial charge in [-0.2, -0.15) is 0 Å². The normalized spacial score (nSPS) is 10.8. The summed E-state index contributed by atoms with van der Waals surface area (Å²) in [4.78, 5) is 0. The zero-order valence-corrected chi connectivity index (χ0v) is 13.7. The van der Waals surface area contributed by atoms with Gasteiger partial charge in [0.25, 0.3) is 0 Å². The molecule has 0 amide bonds. The maximum Gasteiger partial charge on any atom is 0.142 e. The summed E-state index contributed by atoms with van der Waals surface area (Å²) >= 11 is 9.72. The lowest BCUT2D eigenvalue weighted by atomic mass is 10.1. The summed E-state index contributed by atoms with van der Waals surface area (Å²) in [6, 6.07) is 20.4. The average Bonchev–Trinajstić information content (AvgIpc) is 2.53. The summed E-state index contributed by atoms with van der Waals surface area (Å²) in [6.45, 7) is 0.505. The maximum absolute atomic E-state index is 6.25. The van der Waals surface area contributed by atoms with Crippen molar-refractivity contribution in [1.82, 2.24) is 0 Å². The van der Waals surface area contributed by atoms with E-state index >= 15 is 0 Å². The third-order valence-electron chi connectivity index (χ3n) is 3.44. The third-order valence-corrected chi connectivity index (χ3v) is 4.35. The van der Waals surface area contributed by atoms with Crippen LogP contribution in [0, 0.1) is 0 Å². The van der Waals surface area contributed by atoms with Gasteiger partial charge in [0.1, 0.15) is 12.4 Å². The molecule has 0 aliphatic heterocycles. The van der Waals surface area contributed by atoms with Crippen LogP contribution in [0.5, 0.6) is 5.75 Å². The Morgan fingerprint density at radius 2 is 1.57 bits per heavy atom. The van der Waals surface area contributed by atoms with Crippen LogP contribution in [0.2, 0.25) is 5.02 Å². The number of rotatable bonds is 4. The highest BCUT2D eigenvalue weighted by atomic mass is 79.9. The van der Waals surface area contributed by atoms with Gasteiger partial charge in [-0.1, -0.05) is 82.1 Å². The summed E-state index contributed by atoms with van der Waals surface area (Å²) < 4.78 is 5.99. The van der Waals surface area contributed by atoms with Crippen LogP contribution in [0.1, 0.15) is 11.1 Å². The Hall–Kier alpha value is -1.51. The minimum atomic E-state index is 0.505. The van der Waals surface area contributed by atoms with E-state index in [4.69, 9.17) is 16.3 Å². The molecule has 0 saturated carbocycles. The molecule has 0 fully saturated rings. The van der Waals surface area contributed by atoms with Crippen molar-refractivity contribution in [1.29, 1.82) is 0 Å². The standard InChI is InChI=1S/C18H14BrClO/c19-11-14-7-4-10-17(20)18(14)21-12-15-8-3-6-13-5-1-2-9-16(13)15/h1-10H,11-12H2. The van der Waals surface area contributed by atoms with Gasteiger partial charge in [-0.05, 0) is 22.4 Å². The molecule has 0 atom stereocenters. The van der Waals surface area contributed by atoms with Gasteiger partial charge in [0.05, 0.1) is 5.02 Å². The summed E-state index contributed by atoms with van der Waals surface area (Å²) in [5.74, 6) is 0.754. The van der Waals surface area contributed by atoms with Gasteiger partial charge >= 0.3 is 0 Å². The zero-order chi connectivity index (χ0) is 14.7. The SMILES string of the molecule is Clc1cccc(CBr)c1OCc1cccc2ccccc12. The molecule has 0 heterocycles. The molecule has 0 N–H and O–H groups in total. The Labute approximate surface area is 137 Å². The monoisotopic (exact) mass is 360 g/mol. The van der Waals surface area contributed by atoms with Gasteiger partial charge in [0.15, 0.2) is 0 Å². The van der Waals surface area contributed by atoms with Crippen molar-refractivity contribution in [2.45, 2.75) is 11.9 Å². The molecular formula is C18H14BrClO. The van der Waals surface area contributed by atoms with Crippen LogP contribution < -0.4 is 4.74 Å². The van der Waals surface area contributed by atoms with Crippen LogP contribution in [0.4, 0.5) is 0 Å².